The van der Waals surface area contributed by atoms with Crippen LogP contribution in [0.2, 0.25) is 0 Å². The van der Waals surface area contributed by atoms with Gasteiger partial charge in [-0.05, 0) is 90.2 Å². The molecule has 1 spiro atoms. The highest BCUT2D eigenvalue weighted by molar-refractivity contribution is 6.14. The fraction of sp³-hybridized carbons (Fsp3) is 0.0323. The number of hydrogen-bond acceptors (Lipinski definition) is 3. The highest BCUT2D eigenvalue weighted by atomic mass is 15.2. The van der Waals surface area contributed by atoms with E-state index in [2.05, 4.69) is 204 Å². The van der Waals surface area contributed by atoms with Gasteiger partial charge in [-0.3, -0.25) is 0 Å². The fourth-order valence-corrected chi connectivity index (χ4v) is 11.5. The Bertz CT molecular complexity index is 3840. The highest BCUT2D eigenvalue weighted by Crippen LogP contribution is 2.61. The number of aliphatic imine (C=N–C) groups is 2. The average Bonchev–Trinajstić information content (AvgIpc) is 3.89. The summed E-state index contributed by atoms with van der Waals surface area (Å²) in [6.07, 6.45) is -0.315. The molecule has 1 aromatic heterocycles. The van der Waals surface area contributed by atoms with E-state index in [1.54, 1.807) is 0 Å². The Morgan fingerprint density at radius 3 is 1.91 bits per heavy atom. The van der Waals surface area contributed by atoms with Crippen LogP contribution < -0.4 is 5.32 Å². The lowest BCUT2D eigenvalue weighted by atomic mass is 9.65. The van der Waals surface area contributed by atoms with Crippen LogP contribution in [-0.2, 0) is 5.41 Å². The van der Waals surface area contributed by atoms with Crippen LogP contribution in [0.15, 0.2) is 241 Å². The second-order valence-corrected chi connectivity index (χ2v) is 17.7. The van der Waals surface area contributed by atoms with Crippen molar-refractivity contribution >= 4 is 44.2 Å². The highest BCUT2D eigenvalue weighted by Gasteiger charge is 2.51. The lowest BCUT2D eigenvalue weighted by molar-refractivity contribution is 0.674. The smallest absolute Gasteiger partial charge is 0.159 e. The molecule has 2 aliphatic heterocycles. The molecular weight excluding hydrogens is 801 g/mol. The van der Waals surface area contributed by atoms with Gasteiger partial charge in [0, 0.05) is 21.9 Å². The number of nitrogens with one attached hydrogen (secondary N) is 1. The molecule has 4 heteroatoms. The predicted octanol–water partition coefficient (Wildman–Crippen LogP) is 14.4. The predicted molar refractivity (Wildman–Crippen MR) is 272 cm³/mol. The minimum absolute atomic E-state index is 0.315. The largest absolute Gasteiger partial charge is 0.344 e. The minimum Gasteiger partial charge on any atom is -0.344 e. The van der Waals surface area contributed by atoms with Crippen LogP contribution in [0.1, 0.15) is 45.1 Å². The van der Waals surface area contributed by atoms with Gasteiger partial charge in [0.1, 0.15) is 12.0 Å². The van der Waals surface area contributed by atoms with Crippen molar-refractivity contribution in [2.75, 3.05) is 0 Å². The number of aromatic nitrogens is 1. The van der Waals surface area contributed by atoms with Gasteiger partial charge in [-0.2, -0.15) is 0 Å². The van der Waals surface area contributed by atoms with Crippen molar-refractivity contribution in [3.05, 3.63) is 269 Å². The zero-order valence-electron chi connectivity index (χ0n) is 35.9. The first-order valence-electron chi connectivity index (χ1n) is 22.8. The number of amidine groups is 2. The van der Waals surface area contributed by atoms with E-state index in [0.29, 0.717) is 5.84 Å². The Morgan fingerprint density at radius 1 is 0.424 bits per heavy atom. The van der Waals surface area contributed by atoms with Gasteiger partial charge in [-0.1, -0.05) is 212 Å². The first-order chi connectivity index (χ1) is 32.7. The van der Waals surface area contributed by atoms with E-state index in [9.17, 15) is 0 Å². The Hall–Kier alpha value is -8.60. The van der Waals surface area contributed by atoms with Crippen LogP contribution in [0.5, 0.6) is 0 Å². The summed E-state index contributed by atoms with van der Waals surface area (Å²) in [7, 11) is 0. The number of rotatable bonds is 5. The molecule has 3 heterocycles. The quantitative estimate of drug-likeness (QED) is 0.184. The monoisotopic (exact) mass is 840 g/mol. The maximum atomic E-state index is 5.18. The first kappa shape index (κ1) is 36.8. The van der Waals surface area contributed by atoms with Crippen LogP contribution >= 0.6 is 0 Å². The van der Waals surface area contributed by atoms with Crippen LogP contribution in [-0.4, -0.2) is 16.2 Å². The van der Waals surface area contributed by atoms with E-state index in [1.165, 1.54) is 88.3 Å². The van der Waals surface area contributed by atoms with Gasteiger partial charge in [0.05, 0.1) is 22.1 Å². The van der Waals surface area contributed by atoms with Crippen LogP contribution in [0.3, 0.4) is 0 Å². The molecule has 11 aromatic rings. The van der Waals surface area contributed by atoms with Crippen molar-refractivity contribution < 1.29 is 0 Å². The van der Waals surface area contributed by atoms with Gasteiger partial charge in [-0.15, -0.1) is 0 Å². The van der Waals surface area contributed by atoms with Gasteiger partial charge in [-0.25, -0.2) is 9.98 Å². The van der Waals surface area contributed by atoms with Crippen molar-refractivity contribution in [2.24, 2.45) is 9.98 Å². The zero-order valence-corrected chi connectivity index (χ0v) is 35.9. The Balaban J connectivity index is 0.951. The fourth-order valence-electron chi connectivity index (χ4n) is 11.5. The van der Waals surface area contributed by atoms with Crippen molar-refractivity contribution in [1.82, 2.24) is 9.88 Å². The summed E-state index contributed by atoms with van der Waals surface area (Å²) in [6.45, 7) is 0. The molecule has 1 aliphatic carbocycles. The molecule has 308 valence electrons. The number of nitrogens with zero attached hydrogens (tertiary/aromatic N) is 3. The number of hydrogen-bond donors (Lipinski definition) is 1. The van der Waals surface area contributed by atoms with Crippen molar-refractivity contribution in [1.29, 1.82) is 0 Å². The van der Waals surface area contributed by atoms with E-state index in [4.69, 9.17) is 9.98 Å². The third kappa shape index (κ3) is 5.21. The van der Waals surface area contributed by atoms with Gasteiger partial charge in [0.2, 0.25) is 0 Å². The maximum Gasteiger partial charge on any atom is 0.159 e. The Kier molecular flexibility index (Phi) is 7.93. The summed E-state index contributed by atoms with van der Waals surface area (Å²) in [5.74, 6) is 1.53. The van der Waals surface area contributed by atoms with E-state index in [-0.39, 0.29) is 6.17 Å². The number of benzene rings is 10. The molecule has 66 heavy (non-hydrogen) atoms. The summed E-state index contributed by atoms with van der Waals surface area (Å²) in [6, 6.07) is 84.3. The summed E-state index contributed by atoms with van der Waals surface area (Å²) in [4.78, 5) is 10.2. The standard InChI is InChI=1S/C62H40N4/c1-3-17-41(18-4-1)59-63-60(42-19-5-2-6-20-42)65-61(64-59)43-32-30-40(31-33-43)57-45-21-8-7-16-39(45)34-36-46(57)44-35-37-48-47-22-9-11-25-51(47)62(54(48)38-44)52-26-12-14-29-56(52)66-55-28-13-10-23-49(55)50-24-15-27-53(62)58(50)66/h1-38,61H,(H,63,64,65). The molecule has 0 bridgehead atoms. The van der Waals surface area contributed by atoms with E-state index in [0.717, 1.165) is 28.1 Å². The average molecular weight is 841 g/mol. The Morgan fingerprint density at radius 2 is 1.06 bits per heavy atom. The second-order valence-electron chi connectivity index (χ2n) is 17.7. The molecule has 14 rings (SSSR count). The molecule has 3 aliphatic rings. The third-order valence-electron chi connectivity index (χ3n) is 14.3. The van der Waals surface area contributed by atoms with E-state index < -0.39 is 5.41 Å². The molecule has 2 atom stereocenters. The molecule has 1 N–H and O–H groups in total. The lowest BCUT2D eigenvalue weighted by Gasteiger charge is -2.39. The summed E-state index contributed by atoms with van der Waals surface area (Å²) in [5, 5.41) is 8.65. The molecule has 0 saturated carbocycles. The normalized spacial score (nSPS) is 16.7. The van der Waals surface area contributed by atoms with Crippen LogP contribution in [0.25, 0.3) is 71.6 Å². The Labute approximate surface area is 382 Å². The van der Waals surface area contributed by atoms with Crippen molar-refractivity contribution in [3.63, 3.8) is 0 Å². The molecule has 0 radical (unpaired) electrons. The van der Waals surface area contributed by atoms with Crippen molar-refractivity contribution in [2.45, 2.75) is 11.6 Å². The minimum atomic E-state index is -0.533. The van der Waals surface area contributed by atoms with Crippen LogP contribution in [0, 0.1) is 0 Å². The number of para-hydroxylation sites is 3. The van der Waals surface area contributed by atoms with Crippen LogP contribution in [0.4, 0.5) is 0 Å². The van der Waals surface area contributed by atoms with Gasteiger partial charge in [0.15, 0.2) is 5.84 Å². The summed E-state index contributed by atoms with van der Waals surface area (Å²) < 4.78 is 2.52. The molecular formula is C62H40N4. The SMILES string of the molecule is c1ccc(C2=NC(c3ccc(-c4c(-c5ccc6c(c5)C5(c7ccccc7-6)c6ccccc6-n6c7ccccc7c7cccc5c76)ccc5ccccc45)cc3)NC(c3ccccc3)=N2)cc1. The van der Waals surface area contributed by atoms with Gasteiger partial charge >= 0.3 is 0 Å². The third-order valence-corrected chi connectivity index (χ3v) is 14.3. The van der Waals surface area contributed by atoms with Gasteiger partial charge < -0.3 is 9.88 Å². The lowest BCUT2D eigenvalue weighted by Crippen LogP contribution is -2.33. The molecule has 10 aromatic carbocycles. The topological polar surface area (TPSA) is 41.7 Å². The number of fused-ring (bicyclic) bond motifs is 13. The molecule has 0 amide bonds. The van der Waals surface area contributed by atoms with E-state index >= 15 is 0 Å². The molecule has 2 unspecified atom stereocenters. The summed E-state index contributed by atoms with van der Waals surface area (Å²) >= 11 is 0. The first-order valence-corrected chi connectivity index (χ1v) is 22.8. The second kappa shape index (κ2) is 14.2. The molecule has 4 nitrogen and oxygen atoms in total. The zero-order chi connectivity index (χ0) is 43.3. The van der Waals surface area contributed by atoms with Crippen molar-refractivity contribution in [3.8, 4) is 39.1 Å². The van der Waals surface area contributed by atoms with E-state index in [1.807, 2.05) is 36.4 Å². The molecule has 0 fully saturated rings. The molecule has 0 saturated heterocycles. The van der Waals surface area contributed by atoms with Gasteiger partial charge in [0.25, 0.3) is 0 Å². The maximum absolute atomic E-state index is 5.18. The summed E-state index contributed by atoms with van der Waals surface area (Å²) in [5.41, 5.74) is 18.9.